The zero-order valence-electron chi connectivity index (χ0n) is 14.4. The van der Waals surface area contributed by atoms with E-state index in [0.29, 0.717) is 5.69 Å². The van der Waals surface area contributed by atoms with Gasteiger partial charge in [0, 0.05) is 11.6 Å². The minimum absolute atomic E-state index is 0.0515. The minimum atomic E-state index is -0.266. The Morgan fingerprint density at radius 2 is 1.88 bits per heavy atom. The average molecular weight is 329 g/mol. The summed E-state index contributed by atoms with van der Waals surface area (Å²) in [5.41, 5.74) is 1.36. The Morgan fingerprint density at radius 1 is 1.21 bits per heavy atom. The highest BCUT2D eigenvalue weighted by atomic mass is 16.2. The fourth-order valence-corrected chi connectivity index (χ4v) is 1.96. The first-order valence-electron chi connectivity index (χ1n) is 7.80. The fourth-order valence-electron chi connectivity index (χ4n) is 1.96. The summed E-state index contributed by atoms with van der Waals surface area (Å²) in [6, 6.07) is 7.19. The molecule has 0 saturated carbocycles. The summed E-state index contributed by atoms with van der Waals surface area (Å²) >= 11 is 0. The number of anilines is 1. The van der Waals surface area contributed by atoms with Crippen molar-refractivity contribution in [2.75, 3.05) is 11.9 Å². The number of amides is 2. The van der Waals surface area contributed by atoms with Gasteiger partial charge in [-0.3, -0.25) is 9.59 Å². The third-order valence-electron chi connectivity index (χ3n) is 3.95. The zero-order chi connectivity index (χ0) is 17.7. The summed E-state index contributed by atoms with van der Waals surface area (Å²) < 4.78 is 1.62. The standard InChI is InChI=1S/C17H23N5O2/c1-12(17(2,3)4)16(24)19-9-15(23)21-13-5-7-14(8-6-13)22-11-18-10-20-22/h5-8,10-12H,9H2,1-4H3,(H,19,24)(H,21,23)/t12-/m1/s1. The molecule has 2 rings (SSSR count). The van der Waals surface area contributed by atoms with Crippen molar-refractivity contribution in [1.82, 2.24) is 20.1 Å². The molecule has 0 spiro atoms. The van der Waals surface area contributed by atoms with Crippen LogP contribution in [0.4, 0.5) is 5.69 Å². The van der Waals surface area contributed by atoms with E-state index >= 15 is 0 Å². The first-order chi connectivity index (χ1) is 11.3. The smallest absolute Gasteiger partial charge is 0.243 e. The van der Waals surface area contributed by atoms with Gasteiger partial charge in [-0.15, -0.1) is 0 Å². The number of carbonyl (C=O) groups is 2. The molecular formula is C17H23N5O2. The lowest BCUT2D eigenvalue weighted by atomic mass is 9.81. The van der Waals surface area contributed by atoms with Crippen molar-refractivity contribution < 1.29 is 9.59 Å². The highest BCUT2D eigenvalue weighted by Gasteiger charge is 2.26. The monoisotopic (exact) mass is 329 g/mol. The van der Waals surface area contributed by atoms with Crippen LogP contribution in [0.3, 0.4) is 0 Å². The van der Waals surface area contributed by atoms with Gasteiger partial charge in [0.15, 0.2) is 0 Å². The maximum absolute atomic E-state index is 12.0. The first kappa shape index (κ1) is 17.7. The largest absolute Gasteiger partial charge is 0.347 e. The van der Waals surface area contributed by atoms with Crippen LogP contribution < -0.4 is 10.6 Å². The molecule has 0 fully saturated rings. The van der Waals surface area contributed by atoms with Crippen molar-refractivity contribution in [1.29, 1.82) is 0 Å². The average Bonchev–Trinajstić information content (AvgIpc) is 3.06. The topological polar surface area (TPSA) is 88.9 Å². The van der Waals surface area contributed by atoms with E-state index in [4.69, 9.17) is 0 Å². The second kappa shape index (κ2) is 7.25. The van der Waals surface area contributed by atoms with Crippen molar-refractivity contribution >= 4 is 17.5 Å². The Bertz CT molecular complexity index is 687. The van der Waals surface area contributed by atoms with Crippen LogP contribution in [0.25, 0.3) is 5.69 Å². The molecule has 7 nitrogen and oxygen atoms in total. The summed E-state index contributed by atoms with van der Waals surface area (Å²) in [7, 11) is 0. The summed E-state index contributed by atoms with van der Waals surface area (Å²) in [6.07, 6.45) is 3.05. The van der Waals surface area contributed by atoms with Crippen molar-refractivity contribution in [2.45, 2.75) is 27.7 Å². The summed E-state index contributed by atoms with van der Waals surface area (Å²) in [4.78, 5) is 27.8. The van der Waals surface area contributed by atoms with Gasteiger partial charge in [0.1, 0.15) is 12.7 Å². The van der Waals surface area contributed by atoms with Gasteiger partial charge in [-0.25, -0.2) is 9.67 Å². The molecular weight excluding hydrogens is 306 g/mol. The van der Waals surface area contributed by atoms with Gasteiger partial charge in [-0.05, 0) is 29.7 Å². The van der Waals surface area contributed by atoms with Gasteiger partial charge >= 0.3 is 0 Å². The predicted molar refractivity (Wildman–Crippen MR) is 91.6 cm³/mol. The Kier molecular flexibility index (Phi) is 5.33. The number of hydrogen-bond acceptors (Lipinski definition) is 4. The number of hydrogen-bond donors (Lipinski definition) is 2. The maximum atomic E-state index is 12.0. The molecule has 24 heavy (non-hydrogen) atoms. The number of nitrogens with zero attached hydrogens (tertiary/aromatic N) is 3. The molecule has 0 radical (unpaired) electrons. The SMILES string of the molecule is C[C@H](C(=O)NCC(=O)Nc1ccc(-n2cncn2)cc1)C(C)(C)C. The highest BCUT2D eigenvalue weighted by Crippen LogP contribution is 2.25. The lowest BCUT2D eigenvalue weighted by Gasteiger charge is -2.25. The second-order valence-electron chi connectivity index (χ2n) is 6.74. The van der Waals surface area contributed by atoms with Crippen molar-refractivity contribution in [3.05, 3.63) is 36.9 Å². The van der Waals surface area contributed by atoms with Crippen molar-refractivity contribution in [3.63, 3.8) is 0 Å². The minimum Gasteiger partial charge on any atom is -0.347 e. The van der Waals surface area contributed by atoms with Crippen LogP contribution in [0, 0.1) is 11.3 Å². The lowest BCUT2D eigenvalue weighted by Crippen LogP contribution is -2.40. The number of rotatable bonds is 5. The molecule has 0 unspecified atom stereocenters. The molecule has 0 saturated heterocycles. The van der Waals surface area contributed by atoms with Gasteiger partial charge in [-0.1, -0.05) is 27.7 Å². The maximum Gasteiger partial charge on any atom is 0.243 e. The van der Waals surface area contributed by atoms with E-state index in [0.717, 1.165) is 5.69 Å². The van der Waals surface area contributed by atoms with E-state index < -0.39 is 0 Å². The third-order valence-corrected chi connectivity index (χ3v) is 3.95. The number of carbonyl (C=O) groups excluding carboxylic acids is 2. The number of nitrogens with one attached hydrogen (secondary N) is 2. The summed E-state index contributed by atoms with van der Waals surface area (Å²) in [5, 5.41) is 9.45. The third kappa shape index (κ3) is 4.65. The van der Waals surface area contributed by atoms with Gasteiger partial charge < -0.3 is 10.6 Å². The van der Waals surface area contributed by atoms with E-state index in [1.165, 1.54) is 6.33 Å². The van der Waals surface area contributed by atoms with Crippen molar-refractivity contribution in [3.8, 4) is 5.69 Å². The van der Waals surface area contributed by atoms with Gasteiger partial charge in [0.2, 0.25) is 11.8 Å². The number of aromatic nitrogens is 3. The quantitative estimate of drug-likeness (QED) is 0.878. The molecule has 2 amide bonds. The van der Waals surface area contributed by atoms with Gasteiger partial charge in [0.05, 0.1) is 12.2 Å². The van der Waals surface area contributed by atoms with Crippen LogP contribution in [0.15, 0.2) is 36.9 Å². The Morgan fingerprint density at radius 3 is 2.42 bits per heavy atom. The van der Waals surface area contributed by atoms with Crippen LogP contribution in [-0.4, -0.2) is 33.1 Å². The molecule has 0 aliphatic heterocycles. The molecule has 0 bridgehead atoms. The molecule has 128 valence electrons. The number of benzene rings is 1. The summed E-state index contributed by atoms with van der Waals surface area (Å²) in [6.45, 7) is 7.79. The predicted octanol–water partition coefficient (Wildman–Crippen LogP) is 2.00. The molecule has 2 aromatic rings. The fraction of sp³-hybridized carbons (Fsp3) is 0.412. The lowest BCUT2D eigenvalue weighted by molar-refractivity contribution is -0.129. The molecule has 2 N–H and O–H groups in total. The molecule has 1 aromatic carbocycles. The van der Waals surface area contributed by atoms with E-state index in [2.05, 4.69) is 20.7 Å². The first-order valence-corrected chi connectivity index (χ1v) is 7.80. The van der Waals surface area contributed by atoms with Gasteiger partial charge in [-0.2, -0.15) is 5.10 Å². The molecule has 7 heteroatoms. The van der Waals surface area contributed by atoms with E-state index in [9.17, 15) is 9.59 Å². The van der Waals surface area contributed by atoms with Crippen LogP contribution in [0.2, 0.25) is 0 Å². The Balaban J connectivity index is 1.85. The van der Waals surface area contributed by atoms with E-state index in [1.54, 1.807) is 23.1 Å². The van der Waals surface area contributed by atoms with Gasteiger partial charge in [0.25, 0.3) is 0 Å². The summed E-state index contributed by atoms with van der Waals surface area (Å²) in [5.74, 6) is -0.565. The van der Waals surface area contributed by atoms with E-state index in [1.807, 2.05) is 39.8 Å². The molecule has 0 aliphatic rings. The second-order valence-corrected chi connectivity index (χ2v) is 6.74. The molecule has 0 aliphatic carbocycles. The highest BCUT2D eigenvalue weighted by molar-refractivity contribution is 5.94. The van der Waals surface area contributed by atoms with Crippen molar-refractivity contribution in [2.24, 2.45) is 11.3 Å². The van der Waals surface area contributed by atoms with E-state index in [-0.39, 0.29) is 29.7 Å². The zero-order valence-corrected chi connectivity index (χ0v) is 14.4. The Hall–Kier alpha value is -2.70. The molecule has 1 atom stereocenters. The molecule has 1 heterocycles. The Labute approximate surface area is 141 Å². The normalized spacial score (nSPS) is 12.5. The van der Waals surface area contributed by atoms with Crippen LogP contribution in [-0.2, 0) is 9.59 Å². The van der Waals surface area contributed by atoms with Crippen LogP contribution >= 0.6 is 0 Å². The van der Waals surface area contributed by atoms with Crippen LogP contribution in [0.5, 0.6) is 0 Å². The van der Waals surface area contributed by atoms with Crippen LogP contribution in [0.1, 0.15) is 27.7 Å². The molecule has 1 aromatic heterocycles.